The van der Waals surface area contributed by atoms with Crippen LogP contribution in [0.1, 0.15) is 57.9 Å². The van der Waals surface area contributed by atoms with E-state index in [1.807, 2.05) is 0 Å². The molecule has 0 saturated heterocycles. The van der Waals surface area contributed by atoms with E-state index >= 15 is 0 Å². The number of carbonyl (C=O) groups excluding carboxylic acids is 4. The van der Waals surface area contributed by atoms with Crippen molar-refractivity contribution in [2.45, 2.75) is 59.1 Å². The molecule has 4 amide bonds. The van der Waals surface area contributed by atoms with Gasteiger partial charge < -0.3 is 26.1 Å². The second-order valence-corrected chi connectivity index (χ2v) is 8.20. The molecule has 6 N–H and O–H groups in total. The van der Waals surface area contributed by atoms with Gasteiger partial charge in [0.15, 0.2) is 0 Å². The molecule has 0 radical (unpaired) electrons. The Morgan fingerprint density at radius 2 is 1.90 bits per heavy atom. The summed E-state index contributed by atoms with van der Waals surface area (Å²) in [4.78, 5) is 54.2. The lowest BCUT2D eigenvalue weighted by Crippen LogP contribution is -2.47. The number of carbonyl (C=O) groups is 4. The van der Waals surface area contributed by atoms with Crippen LogP contribution in [0.15, 0.2) is 23.3 Å². The molecule has 0 fully saturated rings. The topological polar surface area (TPSA) is 168 Å². The average Bonchev–Trinajstić information content (AvgIpc) is 3.15. The predicted octanol–water partition coefficient (Wildman–Crippen LogP) is 1.03. The third kappa shape index (κ3) is 10.3. The van der Waals surface area contributed by atoms with Crippen molar-refractivity contribution >= 4 is 29.8 Å². The van der Waals surface area contributed by atoms with Crippen LogP contribution in [-0.2, 0) is 14.3 Å². The number of nitrogens with two attached hydrogens (primary N) is 1. The van der Waals surface area contributed by atoms with Crippen LogP contribution in [-0.4, -0.2) is 52.9 Å². The number of aromatic amines is 1. The molecular weight excluding hydrogens is 404 g/mol. The highest BCUT2D eigenvalue weighted by Gasteiger charge is 2.21. The van der Waals surface area contributed by atoms with E-state index in [0.29, 0.717) is 6.42 Å². The van der Waals surface area contributed by atoms with E-state index in [0.717, 1.165) is 0 Å². The van der Waals surface area contributed by atoms with Gasteiger partial charge in [0.1, 0.15) is 17.3 Å². The highest BCUT2D eigenvalue weighted by atomic mass is 16.6. The van der Waals surface area contributed by atoms with Crippen molar-refractivity contribution in [1.82, 2.24) is 20.9 Å². The van der Waals surface area contributed by atoms with Crippen LogP contribution < -0.4 is 21.7 Å². The molecule has 0 aromatic carbocycles. The minimum absolute atomic E-state index is 0.105. The average molecular weight is 437 g/mol. The lowest BCUT2D eigenvalue weighted by atomic mass is 10.0. The van der Waals surface area contributed by atoms with Crippen molar-refractivity contribution in [2.75, 3.05) is 6.54 Å². The fourth-order valence-corrected chi connectivity index (χ4v) is 2.40. The minimum Gasteiger partial charge on any atom is -0.442 e. The predicted molar refractivity (Wildman–Crippen MR) is 115 cm³/mol. The number of hydrogen-bond donors (Lipinski definition) is 5. The summed E-state index contributed by atoms with van der Waals surface area (Å²) >= 11 is 0. The maximum absolute atomic E-state index is 12.2. The largest absolute Gasteiger partial charge is 0.442 e. The maximum atomic E-state index is 12.2. The number of nitrogens with one attached hydrogen (secondary N) is 4. The molecule has 0 aliphatic carbocycles. The fraction of sp³-hybridized carbons (Fsp3) is 0.550. The number of hydrogen-bond acceptors (Lipinski definition) is 5. The number of ether oxygens (including phenoxy) is 1. The van der Waals surface area contributed by atoms with E-state index in [1.54, 1.807) is 52.9 Å². The molecule has 0 aliphatic rings. The van der Waals surface area contributed by atoms with Crippen molar-refractivity contribution < 1.29 is 23.9 Å². The molecule has 1 atom stereocenters. The molecule has 0 spiro atoms. The zero-order valence-corrected chi connectivity index (χ0v) is 18.6. The molecule has 1 aromatic rings. The molecule has 0 saturated carbocycles. The third-order valence-electron chi connectivity index (χ3n) is 3.83. The van der Waals surface area contributed by atoms with E-state index in [2.05, 4.69) is 25.9 Å². The van der Waals surface area contributed by atoms with E-state index in [4.69, 9.17) is 10.5 Å². The van der Waals surface area contributed by atoms with Crippen LogP contribution in [0.25, 0.3) is 0 Å². The summed E-state index contributed by atoms with van der Waals surface area (Å²) in [6, 6.07) is 2.47. The van der Waals surface area contributed by atoms with Crippen molar-refractivity contribution in [3.8, 4) is 0 Å². The lowest BCUT2D eigenvalue weighted by Gasteiger charge is -2.19. The van der Waals surface area contributed by atoms with Crippen LogP contribution in [0.5, 0.6) is 0 Å². The quantitative estimate of drug-likeness (QED) is 0.232. The first-order chi connectivity index (χ1) is 14.4. The fourth-order valence-electron chi connectivity index (χ4n) is 2.40. The van der Waals surface area contributed by atoms with Gasteiger partial charge >= 0.3 is 6.09 Å². The SMILES string of the molecule is CC(C)[C@H](NC(=O)CCCN/C(=N\C(=O)OC(C)(C)C)NC(=O)c1ccc[nH]1)C(N)=O. The summed E-state index contributed by atoms with van der Waals surface area (Å²) in [7, 11) is 0. The van der Waals surface area contributed by atoms with E-state index in [1.165, 1.54) is 0 Å². The molecule has 11 nitrogen and oxygen atoms in total. The Morgan fingerprint density at radius 3 is 2.42 bits per heavy atom. The van der Waals surface area contributed by atoms with Gasteiger partial charge in [-0.25, -0.2) is 4.79 Å². The number of amides is 4. The van der Waals surface area contributed by atoms with Crippen molar-refractivity contribution in [2.24, 2.45) is 16.6 Å². The van der Waals surface area contributed by atoms with Gasteiger partial charge in [-0.1, -0.05) is 13.8 Å². The summed E-state index contributed by atoms with van der Waals surface area (Å²) in [5.41, 5.74) is 4.82. The van der Waals surface area contributed by atoms with Crippen LogP contribution in [0.3, 0.4) is 0 Å². The van der Waals surface area contributed by atoms with Crippen molar-refractivity contribution in [1.29, 1.82) is 0 Å². The van der Waals surface area contributed by atoms with E-state index < -0.39 is 29.6 Å². The van der Waals surface area contributed by atoms with Crippen LogP contribution >= 0.6 is 0 Å². The Kier molecular flexibility index (Phi) is 9.71. The highest BCUT2D eigenvalue weighted by Crippen LogP contribution is 2.08. The Hall–Kier alpha value is -3.37. The summed E-state index contributed by atoms with van der Waals surface area (Å²) in [6.45, 7) is 8.87. The minimum atomic E-state index is -0.874. The number of H-pyrrole nitrogens is 1. The number of aromatic nitrogens is 1. The molecule has 172 valence electrons. The number of guanidine groups is 1. The lowest BCUT2D eigenvalue weighted by molar-refractivity contribution is -0.128. The molecule has 1 heterocycles. The molecule has 0 aliphatic heterocycles. The van der Waals surface area contributed by atoms with Gasteiger partial charge in [-0.3, -0.25) is 19.7 Å². The third-order valence-corrected chi connectivity index (χ3v) is 3.83. The number of primary amides is 1. The molecular formula is C20H32N6O5. The Morgan fingerprint density at radius 1 is 1.23 bits per heavy atom. The normalized spacial score (nSPS) is 12.8. The molecule has 1 rings (SSSR count). The Balaban J connectivity index is 2.66. The second kappa shape index (κ2) is 11.7. The Labute approximate surface area is 181 Å². The van der Waals surface area contributed by atoms with Gasteiger partial charge in [0.2, 0.25) is 17.8 Å². The zero-order chi connectivity index (χ0) is 23.6. The highest BCUT2D eigenvalue weighted by molar-refractivity contribution is 6.06. The molecule has 0 unspecified atom stereocenters. The number of aliphatic imine (C=N–C) groups is 1. The van der Waals surface area contributed by atoms with Gasteiger partial charge in [0.05, 0.1) is 0 Å². The maximum Gasteiger partial charge on any atom is 0.437 e. The van der Waals surface area contributed by atoms with Gasteiger partial charge in [0, 0.05) is 19.2 Å². The first-order valence-corrected chi connectivity index (χ1v) is 9.98. The van der Waals surface area contributed by atoms with Gasteiger partial charge in [-0.05, 0) is 45.2 Å². The van der Waals surface area contributed by atoms with Gasteiger partial charge in [-0.15, -0.1) is 4.99 Å². The monoisotopic (exact) mass is 436 g/mol. The van der Waals surface area contributed by atoms with Crippen molar-refractivity contribution in [3.05, 3.63) is 24.0 Å². The van der Waals surface area contributed by atoms with Crippen LogP contribution in [0.2, 0.25) is 0 Å². The summed E-state index contributed by atoms with van der Waals surface area (Å²) in [5, 5.41) is 7.90. The van der Waals surface area contributed by atoms with Gasteiger partial charge in [-0.2, -0.15) is 0 Å². The molecule has 11 heteroatoms. The first-order valence-electron chi connectivity index (χ1n) is 9.98. The standard InChI is InChI=1S/C20H32N6O5/c1-12(2)15(16(21)28)24-14(27)9-7-11-23-18(26-19(30)31-20(3,4)5)25-17(29)13-8-6-10-22-13/h6,8,10,12,15,22H,7,9,11H2,1-5H3,(H2,21,28)(H,24,27)(H2,23,25,26,29,30)/t15-/m0/s1. The molecule has 0 bridgehead atoms. The smallest absolute Gasteiger partial charge is 0.437 e. The van der Waals surface area contributed by atoms with Crippen molar-refractivity contribution in [3.63, 3.8) is 0 Å². The van der Waals surface area contributed by atoms with Crippen LogP contribution in [0, 0.1) is 5.92 Å². The molecule has 1 aromatic heterocycles. The zero-order valence-electron chi connectivity index (χ0n) is 18.6. The van der Waals surface area contributed by atoms with E-state index in [9.17, 15) is 19.2 Å². The number of nitrogens with zero attached hydrogens (tertiary/aromatic N) is 1. The Bertz CT molecular complexity index is 795. The second-order valence-electron chi connectivity index (χ2n) is 8.20. The summed E-state index contributed by atoms with van der Waals surface area (Å²) < 4.78 is 5.14. The first kappa shape index (κ1) is 25.7. The van der Waals surface area contributed by atoms with E-state index in [-0.39, 0.29) is 36.4 Å². The van der Waals surface area contributed by atoms with Gasteiger partial charge in [0.25, 0.3) is 5.91 Å². The number of rotatable bonds is 8. The van der Waals surface area contributed by atoms with Crippen LogP contribution in [0.4, 0.5) is 4.79 Å². The summed E-state index contributed by atoms with van der Waals surface area (Å²) in [5.74, 6) is -1.67. The molecule has 31 heavy (non-hydrogen) atoms. The summed E-state index contributed by atoms with van der Waals surface area (Å²) in [6.07, 6.45) is 1.16.